The molecule has 8 heteroatoms. The number of nitrogens with zero attached hydrogens (tertiary/aromatic N) is 1. The first-order chi connectivity index (χ1) is 12.3. The summed E-state index contributed by atoms with van der Waals surface area (Å²) in [6.07, 6.45) is 1.57. The summed E-state index contributed by atoms with van der Waals surface area (Å²) in [7, 11) is -2.43. The average Bonchev–Trinajstić information content (AvgIpc) is 3.40. The van der Waals surface area contributed by atoms with E-state index in [-0.39, 0.29) is 22.6 Å². The minimum Gasteiger partial charge on any atom is -0.495 e. The van der Waals surface area contributed by atoms with E-state index in [0.29, 0.717) is 16.4 Å². The fraction of sp³-hybridized carbons (Fsp3) is 0.278. The zero-order valence-corrected chi connectivity index (χ0v) is 16.0. The number of halogens is 1. The molecule has 1 aliphatic carbocycles. The minimum atomic E-state index is -3.86. The lowest BCUT2D eigenvalue weighted by molar-refractivity contribution is -0.114. The largest absolute Gasteiger partial charge is 0.495 e. The van der Waals surface area contributed by atoms with Crippen LogP contribution in [0.3, 0.4) is 0 Å². The van der Waals surface area contributed by atoms with Crippen LogP contribution >= 0.6 is 11.6 Å². The summed E-state index contributed by atoms with van der Waals surface area (Å²) in [6, 6.07) is 11.1. The van der Waals surface area contributed by atoms with Gasteiger partial charge in [0.2, 0.25) is 5.91 Å². The zero-order valence-electron chi connectivity index (χ0n) is 14.4. The Balaban J connectivity index is 2.03. The van der Waals surface area contributed by atoms with Crippen LogP contribution in [-0.4, -0.2) is 27.5 Å². The molecular formula is C18H19ClN2O4S. The quantitative estimate of drug-likeness (QED) is 0.811. The van der Waals surface area contributed by atoms with Gasteiger partial charge >= 0.3 is 0 Å². The Morgan fingerprint density at radius 2 is 1.85 bits per heavy atom. The molecule has 1 aliphatic rings. The van der Waals surface area contributed by atoms with E-state index in [2.05, 4.69) is 5.32 Å². The highest BCUT2D eigenvalue weighted by atomic mass is 35.5. The van der Waals surface area contributed by atoms with E-state index in [1.54, 1.807) is 36.4 Å². The number of carbonyl (C=O) groups is 1. The number of nitrogens with one attached hydrogen (secondary N) is 1. The molecule has 0 aliphatic heterocycles. The Bertz CT molecular complexity index is 925. The van der Waals surface area contributed by atoms with Gasteiger partial charge < -0.3 is 10.1 Å². The van der Waals surface area contributed by atoms with Crippen LogP contribution in [0.1, 0.15) is 19.8 Å². The molecule has 0 aromatic heterocycles. The van der Waals surface area contributed by atoms with Crippen LogP contribution < -0.4 is 14.4 Å². The number of amides is 1. The lowest BCUT2D eigenvalue weighted by Crippen LogP contribution is -2.33. The van der Waals surface area contributed by atoms with Gasteiger partial charge in [-0.15, -0.1) is 0 Å². The van der Waals surface area contributed by atoms with Crippen molar-refractivity contribution in [1.82, 2.24) is 0 Å². The lowest BCUT2D eigenvalue weighted by atomic mass is 10.2. The fourth-order valence-electron chi connectivity index (χ4n) is 2.71. The molecular weight excluding hydrogens is 376 g/mol. The number of hydrogen-bond donors (Lipinski definition) is 1. The predicted molar refractivity (Wildman–Crippen MR) is 101 cm³/mol. The van der Waals surface area contributed by atoms with E-state index in [4.69, 9.17) is 16.3 Å². The molecule has 0 radical (unpaired) electrons. The molecule has 0 heterocycles. The highest BCUT2D eigenvalue weighted by Crippen LogP contribution is 2.39. The summed E-state index contributed by atoms with van der Waals surface area (Å²) in [6.45, 7) is 1.42. The number of hydrogen-bond acceptors (Lipinski definition) is 4. The lowest BCUT2D eigenvalue weighted by Gasteiger charge is -2.25. The molecule has 0 bridgehead atoms. The second-order valence-electron chi connectivity index (χ2n) is 6.06. The number of anilines is 2. The summed E-state index contributed by atoms with van der Waals surface area (Å²) in [4.78, 5) is 11.2. The van der Waals surface area contributed by atoms with Crippen molar-refractivity contribution in [2.75, 3.05) is 16.7 Å². The van der Waals surface area contributed by atoms with Gasteiger partial charge in [-0.25, -0.2) is 8.42 Å². The van der Waals surface area contributed by atoms with E-state index in [9.17, 15) is 13.2 Å². The molecule has 1 N–H and O–H groups in total. The number of ether oxygens (including phenoxy) is 1. The van der Waals surface area contributed by atoms with Crippen molar-refractivity contribution in [2.45, 2.75) is 30.7 Å². The maximum Gasteiger partial charge on any atom is 0.268 e. The summed E-state index contributed by atoms with van der Waals surface area (Å²) >= 11 is 6.02. The molecule has 0 saturated heterocycles. The van der Waals surface area contributed by atoms with Gasteiger partial charge in [0.1, 0.15) is 10.6 Å². The second-order valence-corrected chi connectivity index (χ2v) is 8.28. The number of benzene rings is 2. The van der Waals surface area contributed by atoms with Gasteiger partial charge in [0.25, 0.3) is 10.0 Å². The van der Waals surface area contributed by atoms with E-state index >= 15 is 0 Å². The Morgan fingerprint density at radius 3 is 2.38 bits per heavy atom. The Hall–Kier alpha value is -2.25. The van der Waals surface area contributed by atoms with E-state index in [1.807, 2.05) is 0 Å². The SMILES string of the molecule is COc1ccc(Cl)cc1S(=O)(=O)N(c1ccc(NC(C)=O)cc1)C1CC1. The highest BCUT2D eigenvalue weighted by Gasteiger charge is 2.39. The molecule has 26 heavy (non-hydrogen) atoms. The van der Waals surface area contributed by atoms with Crippen molar-refractivity contribution in [3.63, 3.8) is 0 Å². The molecule has 1 saturated carbocycles. The van der Waals surface area contributed by atoms with Gasteiger partial charge in [-0.1, -0.05) is 11.6 Å². The van der Waals surface area contributed by atoms with Gasteiger partial charge in [-0.2, -0.15) is 0 Å². The molecule has 1 amide bonds. The molecule has 3 rings (SSSR count). The van der Waals surface area contributed by atoms with Gasteiger partial charge in [0.15, 0.2) is 0 Å². The smallest absolute Gasteiger partial charge is 0.268 e. The maximum atomic E-state index is 13.3. The minimum absolute atomic E-state index is 0.0327. The monoisotopic (exact) mass is 394 g/mol. The van der Waals surface area contributed by atoms with Crippen molar-refractivity contribution in [1.29, 1.82) is 0 Å². The summed E-state index contributed by atoms with van der Waals surface area (Å²) in [5.74, 6) is 0.0583. The number of carbonyl (C=O) groups excluding carboxylic acids is 1. The Morgan fingerprint density at radius 1 is 1.19 bits per heavy atom. The third-order valence-corrected chi connectivity index (χ3v) is 6.12. The summed E-state index contributed by atoms with van der Waals surface area (Å²) in [5, 5.41) is 2.99. The van der Waals surface area contributed by atoms with Crippen molar-refractivity contribution in [3.05, 3.63) is 47.5 Å². The maximum absolute atomic E-state index is 13.3. The van der Waals surface area contributed by atoms with Crippen molar-refractivity contribution in [3.8, 4) is 5.75 Å². The molecule has 2 aromatic carbocycles. The normalized spacial score (nSPS) is 14.0. The van der Waals surface area contributed by atoms with Gasteiger partial charge in [-0.3, -0.25) is 9.10 Å². The third-order valence-electron chi connectivity index (χ3n) is 3.98. The first kappa shape index (κ1) is 18.5. The molecule has 2 aromatic rings. The molecule has 0 spiro atoms. The van der Waals surface area contributed by atoms with Crippen LogP contribution in [-0.2, 0) is 14.8 Å². The Kier molecular flexibility index (Phi) is 5.11. The van der Waals surface area contributed by atoms with Crippen LogP contribution in [0.15, 0.2) is 47.4 Å². The number of rotatable bonds is 6. The summed E-state index contributed by atoms with van der Waals surface area (Å²) < 4.78 is 33.3. The van der Waals surface area contributed by atoms with Crippen molar-refractivity contribution < 1.29 is 17.9 Å². The molecule has 0 unspecified atom stereocenters. The fourth-order valence-corrected chi connectivity index (χ4v) is 4.84. The zero-order chi connectivity index (χ0) is 18.9. The molecule has 6 nitrogen and oxygen atoms in total. The predicted octanol–water partition coefficient (Wildman–Crippen LogP) is 3.66. The van der Waals surface area contributed by atoms with Gasteiger partial charge in [0, 0.05) is 23.7 Å². The van der Waals surface area contributed by atoms with Crippen LogP contribution in [0.2, 0.25) is 5.02 Å². The van der Waals surface area contributed by atoms with Crippen molar-refractivity contribution in [2.24, 2.45) is 0 Å². The van der Waals surface area contributed by atoms with Gasteiger partial charge in [-0.05, 0) is 55.3 Å². The standard InChI is InChI=1S/C18H19ClN2O4S/c1-12(22)20-14-4-6-15(7-5-14)21(16-8-9-16)26(23,24)18-11-13(19)3-10-17(18)25-2/h3-7,10-11,16H,8-9H2,1-2H3,(H,20,22). The Labute approximate surface area is 157 Å². The first-order valence-electron chi connectivity index (χ1n) is 8.08. The second kappa shape index (κ2) is 7.17. The van der Waals surface area contributed by atoms with Crippen LogP contribution in [0.25, 0.3) is 0 Å². The summed E-state index contributed by atoms with van der Waals surface area (Å²) in [5.41, 5.74) is 1.14. The van der Waals surface area contributed by atoms with Crippen LogP contribution in [0, 0.1) is 0 Å². The number of methoxy groups -OCH3 is 1. The highest BCUT2D eigenvalue weighted by molar-refractivity contribution is 7.93. The van der Waals surface area contributed by atoms with Crippen LogP contribution in [0.4, 0.5) is 11.4 Å². The molecule has 0 atom stereocenters. The van der Waals surface area contributed by atoms with E-state index in [1.165, 1.54) is 24.4 Å². The molecule has 1 fully saturated rings. The third kappa shape index (κ3) is 3.78. The average molecular weight is 395 g/mol. The van der Waals surface area contributed by atoms with Crippen LogP contribution in [0.5, 0.6) is 5.75 Å². The first-order valence-corrected chi connectivity index (χ1v) is 9.90. The van der Waals surface area contributed by atoms with E-state index in [0.717, 1.165) is 12.8 Å². The topological polar surface area (TPSA) is 75.7 Å². The van der Waals surface area contributed by atoms with Gasteiger partial charge in [0.05, 0.1) is 12.8 Å². The molecule has 138 valence electrons. The van der Waals surface area contributed by atoms with Crippen molar-refractivity contribution >= 4 is 38.9 Å². The number of sulfonamides is 1. The van der Waals surface area contributed by atoms with E-state index < -0.39 is 10.0 Å².